The predicted octanol–water partition coefficient (Wildman–Crippen LogP) is 9.15. The molecular formula is C41H73NO9. The van der Waals surface area contributed by atoms with Crippen molar-refractivity contribution in [3.63, 3.8) is 0 Å². The molecular weight excluding hydrogens is 650 g/mol. The van der Waals surface area contributed by atoms with Crippen LogP contribution in [0.5, 0.6) is 0 Å². The quantitative estimate of drug-likeness (QED) is 0.0560. The second-order valence-corrected chi connectivity index (χ2v) is 16.4. The number of hydrogen-bond acceptors (Lipinski definition) is 9. The summed E-state index contributed by atoms with van der Waals surface area (Å²) in [5.41, 5.74) is -1.24. The summed E-state index contributed by atoms with van der Waals surface area (Å²) in [6, 6.07) is -0.123. The molecule has 0 unspecified atom stereocenters. The highest BCUT2D eigenvalue weighted by Crippen LogP contribution is 2.44. The van der Waals surface area contributed by atoms with Crippen LogP contribution in [0.1, 0.15) is 170 Å². The van der Waals surface area contributed by atoms with Crippen LogP contribution in [0.25, 0.3) is 0 Å². The number of aliphatic hydroxyl groups excluding tert-OH is 1. The Morgan fingerprint density at radius 1 is 0.882 bits per heavy atom. The van der Waals surface area contributed by atoms with Crippen LogP contribution in [0, 0.1) is 0 Å². The molecule has 3 fully saturated rings. The van der Waals surface area contributed by atoms with Gasteiger partial charge in [-0.15, -0.1) is 0 Å². The Labute approximate surface area is 309 Å². The van der Waals surface area contributed by atoms with E-state index in [9.17, 15) is 14.7 Å². The van der Waals surface area contributed by atoms with Gasteiger partial charge >= 0.3 is 12.1 Å². The summed E-state index contributed by atoms with van der Waals surface area (Å²) in [6.07, 6.45) is 24.7. The summed E-state index contributed by atoms with van der Waals surface area (Å²) < 4.78 is 35.2. The number of esters is 1. The molecule has 1 N–H and O–H groups in total. The van der Waals surface area contributed by atoms with Crippen molar-refractivity contribution < 1.29 is 43.1 Å². The highest BCUT2D eigenvalue weighted by molar-refractivity contribution is 5.81. The molecule has 10 nitrogen and oxygen atoms in total. The lowest BCUT2D eigenvalue weighted by Crippen LogP contribution is -2.51. The van der Waals surface area contributed by atoms with Crippen molar-refractivity contribution in [3.05, 3.63) is 12.2 Å². The third kappa shape index (κ3) is 16.0. The van der Waals surface area contributed by atoms with E-state index in [4.69, 9.17) is 28.4 Å². The van der Waals surface area contributed by atoms with Crippen LogP contribution in [-0.4, -0.2) is 90.0 Å². The van der Waals surface area contributed by atoms with Gasteiger partial charge in [-0.05, 0) is 80.1 Å². The van der Waals surface area contributed by atoms with Crippen molar-refractivity contribution >= 4 is 12.1 Å². The molecule has 3 rings (SSSR count). The number of ether oxygens (including phenoxy) is 6. The van der Waals surface area contributed by atoms with Gasteiger partial charge in [0.2, 0.25) is 0 Å². The van der Waals surface area contributed by atoms with Crippen molar-refractivity contribution in [2.45, 2.75) is 211 Å². The van der Waals surface area contributed by atoms with Gasteiger partial charge in [0, 0.05) is 25.5 Å². The van der Waals surface area contributed by atoms with E-state index in [2.05, 4.69) is 0 Å². The standard InChI is InChI=1S/C41H73NO9/c1-7-47-36(44)26-22-18-17-21-25-35-37-34(43)27-29-41(49-35,50-37)28-23-19-15-13-11-9-8-10-12-14-16-20-24-30-46-31-33-32-48-40(5,6)42(33)38(45)51-39(2,3)4/h22,26,33-35,37,43H,7-21,23-25,27-32H2,1-6H3/b26-22+/t33-,34-,35-,37-,41+/m1/s1. The lowest BCUT2D eigenvalue weighted by atomic mass is 9.94. The topological polar surface area (TPSA) is 113 Å². The molecule has 3 heterocycles. The van der Waals surface area contributed by atoms with Crippen LogP contribution in [0.4, 0.5) is 4.79 Å². The normalized spacial score (nSPS) is 25.9. The molecule has 0 radical (unpaired) electrons. The fourth-order valence-corrected chi connectivity index (χ4v) is 7.56. The fourth-order valence-electron chi connectivity index (χ4n) is 7.56. The maximum absolute atomic E-state index is 12.8. The number of aliphatic hydroxyl groups is 1. The van der Waals surface area contributed by atoms with E-state index in [1.165, 1.54) is 76.7 Å². The molecule has 1 amide bonds. The Morgan fingerprint density at radius 2 is 1.51 bits per heavy atom. The number of allylic oxidation sites excluding steroid dienone is 1. The Bertz CT molecular complexity index is 1030. The lowest BCUT2D eigenvalue weighted by molar-refractivity contribution is -0.214. The zero-order chi connectivity index (χ0) is 37.2. The molecule has 10 heteroatoms. The summed E-state index contributed by atoms with van der Waals surface area (Å²) in [4.78, 5) is 25.9. The van der Waals surface area contributed by atoms with Gasteiger partial charge in [0.1, 0.15) is 17.4 Å². The molecule has 0 aromatic rings. The molecule has 0 saturated carbocycles. The van der Waals surface area contributed by atoms with E-state index in [0.717, 1.165) is 57.8 Å². The van der Waals surface area contributed by atoms with Gasteiger partial charge in [0.25, 0.3) is 0 Å². The second-order valence-electron chi connectivity index (χ2n) is 16.4. The Kier molecular flexibility index (Phi) is 19.3. The maximum atomic E-state index is 12.8. The van der Waals surface area contributed by atoms with Crippen molar-refractivity contribution in [2.24, 2.45) is 0 Å². The van der Waals surface area contributed by atoms with Gasteiger partial charge in [-0.2, -0.15) is 0 Å². The van der Waals surface area contributed by atoms with E-state index in [-0.39, 0.29) is 30.3 Å². The highest BCUT2D eigenvalue weighted by Gasteiger charge is 2.53. The first-order valence-electron chi connectivity index (χ1n) is 20.5. The molecule has 51 heavy (non-hydrogen) atoms. The van der Waals surface area contributed by atoms with Crippen molar-refractivity contribution in [1.29, 1.82) is 0 Å². The number of fused-ring (bicyclic) bond motifs is 2. The van der Waals surface area contributed by atoms with E-state index >= 15 is 0 Å². The molecule has 296 valence electrons. The fraction of sp³-hybridized carbons (Fsp3) is 0.902. The summed E-state index contributed by atoms with van der Waals surface area (Å²) in [5, 5.41) is 10.5. The molecule has 3 aliphatic heterocycles. The summed E-state index contributed by atoms with van der Waals surface area (Å²) in [6.45, 7) is 13.3. The van der Waals surface area contributed by atoms with Crippen LogP contribution in [0.2, 0.25) is 0 Å². The first kappa shape index (κ1) is 43.7. The number of carbonyl (C=O) groups is 2. The van der Waals surface area contributed by atoms with Gasteiger partial charge in [-0.1, -0.05) is 83.1 Å². The number of amides is 1. The van der Waals surface area contributed by atoms with Crippen LogP contribution in [-0.2, 0) is 33.2 Å². The van der Waals surface area contributed by atoms with Crippen molar-refractivity contribution in [2.75, 3.05) is 26.4 Å². The van der Waals surface area contributed by atoms with Gasteiger partial charge in [0.05, 0.1) is 38.1 Å². The van der Waals surface area contributed by atoms with Gasteiger partial charge in [0.15, 0.2) is 5.79 Å². The number of nitrogens with zero attached hydrogens (tertiary/aromatic N) is 1. The highest BCUT2D eigenvalue weighted by atomic mass is 16.8. The number of hydrogen-bond donors (Lipinski definition) is 1. The number of rotatable bonds is 25. The Hall–Kier alpha value is -1.72. The average Bonchev–Trinajstić information content (AvgIpc) is 3.54. The minimum atomic E-state index is -0.691. The SMILES string of the molecule is CCOC(=O)/C=C/CCCC[C@H]1O[C@]2(CCCCCCCCCCCCCCCOC[C@@H]3COC(C)(C)N3C(=O)OC(C)(C)C)CC[C@@H](O)[C@H]1O2. The summed E-state index contributed by atoms with van der Waals surface area (Å²) in [7, 11) is 0. The molecule has 5 atom stereocenters. The third-order valence-electron chi connectivity index (χ3n) is 10.3. The molecule has 2 bridgehead atoms. The zero-order valence-corrected chi connectivity index (χ0v) is 33.1. The minimum Gasteiger partial charge on any atom is -0.463 e. The van der Waals surface area contributed by atoms with Crippen LogP contribution < -0.4 is 0 Å². The number of carbonyl (C=O) groups excluding carboxylic acids is 2. The number of unbranched alkanes of at least 4 members (excludes halogenated alkanes) is 14. The molecule has 3 aliphatic rings. The van der Waals surface area contributed by atoms with Crippen molar-refractivity contribution in [3.8, 4) is 0 Å². The monoisotopic (exact) mass is 724 g/mol. The summed E-state index contributed by atoms with van der Waals surface area (Å²) >= 11 is 0. The van der Waals surface area contributed by atoms with Gasteiger partial charge < -0.3 is 33.5 Å². The van der Waals surface area contributed by atoms with E-state index in [0.29, 0.717) is 26.4 Å². The second kappa shape index (κ2) is 22.5. The largest absolute Gasteiger partial charge is 0.463 e. The third-order valence-corrected chi connectivity index (χ3v) is 10.3. The Balaban J connectivity index is 1.12. The molecule has 3 saturated heterocycles. The molecule has 0 spiro atoms. The predicted molar refractivity (Wildman–Crippen MR) is 199 cm³/mol. The molecule has 0 aromatic heterocycles. The van der Waals surface area contributed by atoms with E-state index in [1.807, 2.05) is 40.7 Å². The average molecular weight is 724 g/mol. The molecule has 0 aromatic carbocycles. The molecule has 0 aliphatic carbocycles. The summed E-state index contributed by atoms with van der Waals surface area (Å²) in [5.74, 6) is -0.784. The van der Waals surface area contributed by atoms with Crippen LogP contribution in [0.3, 0.4) is 0 Å². The van der Waals surface area contributed by atoms with Crippen LogP contribution >= 0.6 is 0 Å². The first-order chi connectivity index (χ1) is 24.4. The lowest BCUT2D eigenvalue weighted by Gasteiger charge is -2.35. The first-order valence-corrected chi connectivity index (χ1v) is 20.5. The van der Waals surface area contributed by atoms with Crippen molar-refractivity contribution in [1.82, 2.24) is 4.90 Å². The zero-order valence-electron chi connectivity index (χ0n) is 33.1. The smallest absolute Gasteiger partial charge is 0.412 e. The van der Waals surface area contributed by atoms with Crippen LogP contribution in [0.15, 0.2) is 12.2 Å². The minimum absolute atomic E-state index is 0.0405. The maximum Gasteiger partial charge on any atom is 0.412 e. The Morgan fingerprint density at radius 3 is 2.14 bits per heavy atom. The van der Waals surface area contributed by atoms with E-state index in [1.54, 1.807) is 11.8 Å². The van der Waals surface area contributed by atoms with E-state index < -0.39 is 23.2 Å². The van der Waals surface area contributed by atoms with Gasteiger partial charge in [-0.25, -0.2) is 9.59 Å². The van der Waals surface area contributed by atoms with Gasteiger partial charge in [-0.3, -0.25) is 4.90 Å².